The Morgan fingerprint density at radius 2 is 1.84 bits per heavy atom. The summed E-state index contributed by atoms with van der Waals surface area (Å²) in [7, 11) is -3.66. The van der Waals surface area contributed by atoms with Gasteiger partial charge in [0.15, 0.2) is 0 Å². The van der Waals surface area contributed by atoms with Gasteiger partial charge < -0.3 is 10.2 Å². The fourth-order valence-corrected chi connectivity index (χ4v) is 6.68. The number of benzene rings is 1. The highest BCUT2D eigenvalue weighted by Gasteiger charge is 2.37. The molecule has 3 heterocycles. The first-order valence-electron chi connectivity index (χ1n) is 10.1. The summed E-state index contributed by atoms with van der Waals surface area (Å²) in [5.74, 6) is -0.101. The van der Waals surface area contributed by atoms with Crippen LogP contribution in [0.2, 0.25) is 0 Å². The summed E-state index contributed by atoms with van der Waals surface area (Å²) >= 11 is 1.15. The number of thiophene rings is 1. The van der Waals surface area contributed by atoms with E-state index < -0.39 is 21.8 Å². The number of halogens is 3. The fraction of sp³-hybridized carbons (Fsp3) is 0.450. The highest BCUT2D eigenvalue weighted by molar-refractivity contribution is 7.91. The monoisotopic (exact) mass is 488 g/mol. The SMILES string of the molecule is O=C1CN(C[C@H]2CN(S(=O)(=O)c3cccs3)CCN2c2ccc(C(F)(F)F)cc2)CCN1. The van der Waals surface area contributed by atoms with E-state index in [2.05, 4.69) is 5.32 Å². The van der Waals surface area contributed by atoms with E-state index in [0.717, 1.165) is 23.5 Å². The normalized spacial score (nSPS) is 21.5. The first kappa shape index (κ1) is 23.0. The predicted molar refractivity (Wildman–Crippen MR) is 115 cm³/mol. The van der Waals surface area contributed by atoms with Crippen LogP contribution in [0.15, 0.2) is 46.0 Å². The number of carbonyl (C=O) groups excluding carboxylic acids is 1. The molecule has 12 heteroatoms. The molecule has 1 aromatic carbocycles. The van der Waals surface area contributed by atoms with Crippen LogP contribution in [0.1, 0.15) is 5.56 Å². The molecule has 0 bridgehead atoms. The van der Waals surface area contributed by atoms with Crippen molar-refractivity contribution in [1.82, 2.24) is 14.5 Å². The van der Waals surface area contributed by atoms with Crippen LogP contribution in [0.4, 0.5) is 18.9 Å². The van der Waals surface area contributed by atoms with E-state index in [9.17, 15) is 26.4 Å². The van der Waals surface area contributed by atoms with Crippen LogP contribution in [-0.2, 0) is 21.0 Å². The summed E-state index contributed by atoms with van der Waals surface area (Å²) in [4.78, 5) is 15.7. The number of nitrogens with one attached hydrogen (secondary N) is 1. The standard InChI is InChI=1S/C20H23F3N4O3S2/c21-20(22,23)15-3-5-16(6-4-15)27-10-9-26(32(29,30)19-2-1-11-31-19)13-17(27)12-25-8-7-24-18(28)14-25/h1-6,11,17H,7-10,12-14H2,(H,24,28)/t17-/m0/s1. The average molecular weight is 489 g/mol. The molecule has 2 aliphatic rings. The second-order valence-corrected chi connectivity index (χ2v) is 10.9. The zero-order chi connectivity index (χ0) is 22.9. The van der Waals surface area contributed by atoms with Crippen molar-refractivity contribution < 1.29 is 26.4 Å². The van der Waals surface area contributed by atoms with Crippen LogP contribution in [0, 0.1) is 0 Å². The second kappa shape index (κ2) is 9.00. The summed E-state index contributed by atoms with van der Waals surface area (Å²) in [5.41, 5.74) is -0.137. The largest absolute Gasteiger partial charge is 0.416 e. The van der Waals surface area contributed by atoms with Crippen LogP contribution in [0.3, 0.4) is 0 Å². The molecule has 2 aromatic rings. The minimum atomic E-state index is -4.42. The van der Waals surface area contributed by atoms with Gasteiger partial charge in [0.2, 0.25) is 5.91 Å². The van der Waals surface area contributed by atoms with E-state index in [4.69, 9.17) is 0 Å². The van der Waals surface area contributed by atoms with Crippen molar-refractivity contribution in [3.63, 3.8) is 0 Å². The molecule has 0 spiro atoms. The Morgan fingerprint density at radius 3 is 2.47 bits per heavy atom. The summed E-state index contributed by atoms with van der Waals surface area (Å²) in [5, 5.41) is 4.46. The predicted octanol–water partition coefficient (Wildman–Crippen LogP) is 2.08. The molecule has 32 heavy (non-hydrogen) atoms. The summed E-state index contributed by atoms with van der Waals surface area (Å²) < 4.78 is 66.7. The number of nitrogens with zero attached hydrogens (tertiary/aromatic N) is 3. The highest BCUT2D eigenvalue weighted by atomic mass is 32.2. The number of amides is 1. The van der Waals surface area contributed by atoms with Gasteiger partial charge >= 0.3 is 6.18 Å². The lowest BCUT2D eigenvalue weighted by molar-refractivity contribution is -0.137. The lowest BCUT2D eigenvalue weighted by Crippen LogP contribution is -2.60. The van der Waals surface area contributed by atoms with Crippen molar-refractivity contribution >= 4 is 33.0 Å². The molecular weight excluding hydrogens is 465 g/mol. The number of rotatable bonds is 5. The molecule has 0 saturated carbocycles. The van der Waals surface area contributed by atoms with Gasteiger partial charge in [0.05, 0.1) is 18.2 Å². The zero-order valence-electron chi connectivity index (χ0n) is 17.1. The van der Waals surface area contributed by atoms with Crippen LogP contribution in [-0.4, -0.2) is 75.4 Å². The lowest BCUT2D eigenvalue weighted by atomic mass is 10.1. The molecule has 0 aliphatic carbocycles. The van der Waals surface area contributed by atoms with Gasteiger partial charge in [0, 0.05) is 45.0 Å². The smallest absolute Gasteiger partial charge is 0.365 e. The molecule has 7 nitrogen and oxygen atoms in total. The fourth-order valence-electron chi connectivity index (χ4n) is 4.07. The summed E-state index contributed by atoms with van der Waals surface area (Å²) in [6.45, 7) is 2.49. The molecule has 2 aliphatic heterocycles. The van der Waals surface area contributed by atoms with Gasteiger partial charge in [-0.1, -0.05) is 6.07 Å². The molecule has 0 unspecified atom stereocenters. The lowest BCUT2D eigenvalue weighted by Gasteiger charge is -2.44. The van der Waals surface area contributed by atoms with Gasteiger partial charge in [-0.2, -0.15) is 17.5 Å². The van der Waals surface area contributed by atoms with E-state index in [1.165, 1.54) is 16.4 Å². The maximum atomic E-state index is 13.1. The van der Waals surface area contributed by atoms with Crippen molar-refractivity contribution in [2.75, 3.05) is 50.7 Å². The van der Waals surface area contributed by atoms with Crippen molar-refractivity contribution in [3.05, 3.63) is 47.3 Å². The molecule has 2 saturated heterocycles. The minimum Gasteiger partial charge on any atom is -0.365 e. The van der Waals surface area contributed by atoms with E-state index in [0.29, 0.717) is 31.9 Å². The number of hydrogen-bond acceptors (Lipinski definition) is 6. The number of hydrogen-bond donors (Lipinski definition) is 1. The van der Waals surface area contributed by atoms with E-state index in [1.807, 2.05) is 9.80 Å². The molecule has 1 amide bonds. The molecule has 0 radical (unpaired) electrons. The van der Waals surface area contributed by atoms with Gasteiger partial charge in [-0.05, 0) is 35.7 Å². The Morgan fingerprint density at radius 1 is 1.09 bits per heavy atom. The van der Waals surface area contributed by atoms with Gasteiger partial charge in [0.1, 0.15) is 4.21 Å². The van der Waals surface area contributed by atoms with Crippen LogP contribution < -0.4 is 10.2 Å². The molecule has 4 rings (SSSR count). The van der Waals surface area contributed by atoms with Crippen molar-refractivity contribution in [1.29, 1.82) is 0 Å². The van der Waals surface area contributed by atoms with Gasteiger partial charge in [0.25, 0.3) is 10.0 Å². The van der Waals surface area contributed by atoms with Crippen LogP contribution >= 0.6 is 11.3 Å². The number of alkyl halides is 3. The Labute approximate surface area is 188 Å². The number of carbonyl (C=O) groups is 1. The van der Waals surface area contributed by atoms with Crippen molar-refractivity contribution in [2.45, 2.75) is 16.4 Å². The van der Waals surface area contributed by atoms with E-state index in [1.54, 1.807) is 17.5 Å². The topological polar surface area (TPSA) is 73.0 Å². The first-order chi connectivity index (χ1) is 15.1. The highest BCUT2D eigenvalue weighted by Crippen LogP contribution is 2.32. The number of anilines is 1. The number of sulfonamides is 1. The Bertz CT molecular complexity index is 1040. The Hall–Kier alpha value is -2.15. The minimum absolute atomic E-state index is 0.101. The van der Waals surface area contributed by atoms with Crippen LogP contribution in [0.5, 0.6) is 0 Å². The molecular formula is C20H23F3N4O3S2. The summed E-state index contributed by atoms with van der Waals surface area (Å²) in [6.07, 6.45) is -4.42. The summed E-state index contributed by atoms with van der Waals surface area (Å²) in [6, 6.07) is 7.84. The van der Waals surface area contributed by atoms with E-state index in [-0.39, 0.29) is 35.8 Å². The Kier molecular flexibility index (Phi) is 6.48. The maximum Gasteiger partial charge on any atom is 0.416 e. The van der Waals surface area contributed by atoms with Gasteiger partial charge in [-0.3, -0.25) is 9.69 Å². The first-order valence-corrected chi connectivity index (χ1v) is 12.4. The number of piperazine rings is 2. The second-order valence-electron chi connectivity index (χ2n) is 7.77. The van der Waals surface area contributed by atoms with Gasteiger partial charge in [-0.25, -0.2) is 8.42 Å². The average Bonchev–Trinajstić information content (AvgIpc) is 3.29. The third-order valence-electron chi connectivity index (χ3n) is 5.65. The zero-order valence-corrected chi connectivity index (χ0v) is 18.7. The molecule has 1 atom stereocenters. The molecule has 1 N–H and O–H groups in total. The quantitative estimate of drug-likeness (QED) is 0.698. The van der Waals surface area contributed by atoms with Crippen LogP contribution in [0.25, 0.3) is 0 Å². The third-order valence-corrected chi connectivity index (χ3v) is 8.89. The Balaban J connectivity index is 1.58. The van der Waals surface area contributed by atoms with E-state index >= 15 is 0 Å². The maximum absolute atomic E-state index is 13.1. The van der Waals surface area contributed by atoms with Crippen molar-refractivity contribution in [3.8, 4) is 0 Å². The van der Waals surface area contributed by atoms with Crippen molar-refractivity contribution in [2.24, 2.45) is 0 Å². The molecule has 2 fully saturated rings. The van der Waals surface area contributed by atoms with Gasteiger partial charge in [-0.15, -0.1) is 11.3 Å². The molecule has 174 valence electrons. The molecule has 1 aromatic heterocycles. The third kappa shape index (κ3) is 4.92.